The van der Waals surface area contributed by atoms with Crippen molar-refractivity contribution in [1.82, 2.24) is 25.2 Å². The van der Waals surface area contributed by atoms with Crippen molar-refractivity contribution >= 4 is 28.5 Å². The number of aryl methyl sites for hydroxylation is 2. The van der Waals surface area contributed by atoms with Crippen LogP contribution in [-0.2, 0) is 0 Å². The van der Waals surface area contributed by atoms with Crippen LogP contribution in [0.3, 0.4) is 0 Å². The van der Waals surface area contributed by atoms with Gasteiger partial charge in [0.1, 0.15) is 23.6 Å². The zero-order valence-corrected chi connectivity index (χ0v) is 17.1. The molecule has 2 aromatic heterocycles. The average molecular weight is 406 g/mol. The normalized spacial score (nSPS) is 17.3. The molecule has 1 atom stereocenters. The summed E-state index contributed by atoms with van der Waals surface area (Å²) < 4.78 is 13.6. The van der Waals surface area contributed by atoms with Gasteiger partial charge in [-0.2, -0.15) is 5.26 Å². The number of nitrogens with one attached hydrogen (secondary N) is 2. The number of hydrogen-bond acceptors (Lipinski definition) is 5. The molecule has 0 spiro atoms. The van der Waals surface area contributed by atoms with Crippen molar-refractivity contribution in [3.05, 3.63) is 47.7 Å². The molecule has 9 heteroatoms. The third-order valence-electron chi connectivity index (χ3n) is 5.39. The first-order valence-corrected chi connectivity index (χ1v) is 9.78. The topological polar surface area (TPSA) is 96.2 Å². The average Bonchev–Trinajstić information content (AvgIpc) is 3.11. The van der Waals surface area contributed by atoms with Gasteiger partial charge in [0.15, 0.2) is 6.19 Å². The van der Waals surface area contributed by atoms with Crippen molar-refractivity contribution in [2.45, 2.75) is 26.8 Å². The van der Waals surface area contributed by atoms with Crippen molar-refractivity contribution in [2.75, 3.05) is 24.5 Å². The van der Waals surface area contributed by atoms with Gasteiger partial charge in [0.25, 0.3) is 0 Å². The second-order valence-electron chi connectivity index (χ2n) is 7.49. The lowest BCUT2D eigenvalue weighted by Crippen LogP contribution is -2.56. The number of H-pyrrole nitrogens is 1. The molecule has 1 aromatic carbocycles. The minimum atomic E-state index is -0.276. The number of piperazine rings is 1. The lowest BCUT2D eigenvalue weighted by atomic mass is 10.1. The third-order valence-corrected chi connectivity index (χ3v) is 5.39. The van der Waals surface area contributed by atoms with Crippen LogP contribution in [0.2, 0.25) is 0 Å². The van der Waals surface area contributed by atoms with E-state index in [1.807, 2.05) is 19.3 Å². The standard InChI is InChI=1S/C21H23FN8/c1-13-8-16(4-5-17(13)22)28-21(25-11-23)30-7-6-29(10-15(30)3)20-18-14(2)9-24-19(18)26-12-27-20/h4-5,8-9,12,15H,6-7,10H2,1-3H3,(H,25,28)(H,24,26,27)/t15-/m0/s1. The molecule has 4 rings (SSSR count). The minimum Gasteiger partial charge on any atom is -0.352 e. The van der Waals surface area contributed by atoms with E-state index in [-0.39, 0.29) is 11.9 Å². The van der Waals surface area contributed by atoms with Crippen LogP contribution in [0.15, 0.2) is 35.7 Å². The Kier molecular flexibility index (Phi) is 5.23. The number of anilines is 1. The molecule has 0 amide bonds. The number of aromatic amines is 1. The summed E-state index contributed by atoms with van der Waals surface area (Å²) in [6.45, 7) is 7.90. The quantitative estimate of drug-likeness (QED) is 0.294. The number of fused-ring (bicyclic) bond motifs is 1. The number of rotatable bonds is 2. The van der Waals surface area contributed by atoms with Crippen molar-refractivity contribution in [2.24, 2.45) is 4.99 Å². The van der Waals surface area contributed by atoms with Crippen LogP contribution in [0.1, 0.15) is 18.1 Å². The predicted octanol–water partition coefficient (Wildman–Crippen LogP) is 2.98. The van der Waals surface area contributed by atoms with Gasteiger partial charge >= 0.3 is 0 Å². The molecule has 2 N–H and O–H groups in total. The first-order valence-electron chi connectivity index (χ1n) is 9.78. The van der Waals surface area contributed by atoms with E-state index in [1.165, 1.54) is 6.07 Å². The maximum atomic E-state index is 13.6. The van der Waals surface area contributed by atoms with E-state index < -0.39 is 0 Å². The molecule has 0 radical (unpaired) electrons. The molecule has 1 aliphatic heterocycles. The molecule has 3 heterocycles. The Balaban J connectivity index is 1.59. The van der Waals surface area contributed by atoms with Crippen LogP contribution >= 0.6 is 0 Å². The predicted molar refractivity (Wildman–Crippen MR) is 114 cm³/mol. The highest BCUT2D eigenvalue weighted by Gasteiger charge is 2.28. The van der Waals surface area contributed by atoms with Gasteiger partial charge in [0.05, 0.1) is 11.1 Å². The zero-order chi connectivity index (χ0) is 21.3. The number of halogens is 1. The summed E-state index contributed by atoms with van der Waals surface area (Å²) in [6.07, 6.45) is 5.48. The smallest absolute Gasteiger partial charge is 0.212 e. The monoisotopic (exact) mass is 406 g/mol. The summed E-state index contributed by atoms with van der Waals surface area (Å²) in [6, 6.07) is 4.74. The summed E-state index contributed by atoms with van der Waals surface area (Å²) in [5.41, 5.74) is 3.05. The molecule has 30 heavy (non-hydrogen) atoms. The molecule has 1 aliphatic rings. The molecule has 0 saturated carbocycles. The summed E-state index contributed by atoms with van der Waals surface area (Å²) in [5, 5.41) is 13.0. The first kappa shape index (κ1) is 19.6. The summed E-state index contributed by atoms with van der Waals surface area (Å²) in [7, 11) is 0. The van der Waals surface area contributed by atoms with Gasteiger partial charge < -0.3 is 14.8 Å². The SMILES string of the molecule is Cc1cc(N=C(NC#N)N2CCN(c3ncnc4[nH]cc(C)c34)C[C@@H]2C)ccc1F. The fourth-order valence-corrected chi connectivity index (χ4v) is 3.84. The van der Waals surface area contributed by atoms with E-state index in [1.54, 1.807) is 25.4 Å². The third kappa shape index (κ3) is 3.64. The summed E-state index contributed by atoms with van der Waals surface area (Å²) in [5.74, 6) is 1.09. The number of guanidine groups is 1. The van der Waals surface area contributed by atoms with E-state index in [0.717, 1.165) is 29.0 Å². The molecule has 0 aliphatic carbocycles. The highest BCUT2D eigenvalue weighted by molar-refractivity contribution is 5.91. The van der Waals surface area contributed by atoms with Gasteiger partial charge in [-0.3, -0.25) is 5.32 Å². The number of benzene rings is 1. The molecule has 0 unspecified atom stereocenters. The van der Waals surface area contributed by atoms with Crippen molar-refractivity contribution in [1.29, 1.82) is 5.26 Å². The Morgan fingerprint density at radius 2 is 2.13 bits per heavy atom. The van der Waals surface area contributed by atoms with E-state index >= 15 is 0 Å². The van der Waals surface area contributed by atoms with Crippen molar-refractivity contribution < 1.29 is 4.39 Å². The first-order chi connectivity index (χ1) is 14.5. The van der Waals surface area contributed by atoms with Crippen LogP contribution in [0, 0.1) is 31.1 Å². The second kappa shape index (κ2) is 7.99. The molecular weight excluding hydrogens is 383 g/mol. The molecule has 8 nitrogen and oxygen atoms in total. The van der Waals surface area contributed by atoms with E-state index in [0.29, 0.717) is 30.3 Å². The lowest BCUT2D eigenvalue weighted by molar-refractivity contribution is 0.291. The van der Waals surface area contributed by atoms with Crippen molar-refractivity contribution in [3.8, 4) is 6.19 Å². The molecule has 1 saturated heterocycles. The van der Waals surface area contributed by atoms with Gasteiger partial charge in [0, 0.05) is 31.9 Å². The van der Waals surface area contributed by atoms with Crippen LogP contribution in [0.25, 0.3) is 11.0 Å². The number of hydrogen-bond donors (Lipinski definition) is 2. The second-order valence-corrected chi connectivity index (χ2v) is 7.49. The molecule has 154 valence electrons. The van der Waals surface area contributed by atoms with Gasteiger partial charge in [0.2, 0.25) is 5.96 Å². The Bertz CT molecular complexity index is 1150. The maximum Gasteiger partial charge on any atom is 0.212 e. The highest BCUT2D eigenvalue weighted by atomic mass is 19.1. The van der Waals surface area contributed by atoms with Crippen molar-refractivity contribution in [3.63, 3.8) is 0 Å². The Labute approximate surface area is 174 Å². The highest BCUT2D eigenvalue weighted by Crippen LogP contribution is 2.28. The van der Waals surface area contributed by atoms with Crippen LogP contribution in [0.4, 0.5) is 15.9 Å². The minimum absolute atomic E-state index is 0.0733. The number of aliphatic imine (C=N–C) groups is 1. The zero-order valence-electron chi connectivity index (χ0n) is 17.1. The van der Waals surface area contributed by atoms with E-state index in [2.05, 4.69) is 42.0 Å². The molecule has 1 fully saturated rings. The Morgan fingerprint density at radius 1 is 1.30 bits per heavy atom. The molecule has 0 bridgehead atoms. The summed E-state index contributed by atoms with van der Waals surface area (Å²) in [4.78, 5) is 20.9. The van der Waals surface area contributed by atoms with Gasteiger partial charge in [-0.15, -0.1) is 0 Å². The number of nitrogens with zero attached hydrogens (tertiary/aromatic N) is 6. The van der Waals surface area contributed by atoms with Crippen LogP contribution in [0.5, 0.6) is 0 Å². The Hall–Kier alpha value is -3.67. The van der Waals surface area contributed by atoms with Crippen LogP contribution < -0.4 is 10.2 Å². The molecular formula is C21H23FN8. The van der Waals surface area contributed by atoms with Crippen LogP contribution in [-0.4, -0.2) is 51.5 Å². The fourth-order valence-electron chi connectivity index (χ4n) is 3.84. The van der Waals surface area contributed by atoms with E-state index in [9.17, 15) is 9.65 Å². The summed E-state index contributed by atoms with van der Waals surface area (Å²) >= 11 is 0. The molecule has 3 aromatic rings. The van der Waals surface area contributed by atoms with E-state index in [4.69, 9.17) is 0 Å². The number of aromatic nitrogens is 3. The largest absolute Gasteiger partial charge is 0.352 e. The van der Waals surface area contributed by atoms with Gasteiger partial charge in [-0.1, -0.05) is 0 Å². The maximum absolute atomic E-state index is 13.6. The lowest BCUT2D eigenvalue weighted by Gasteiger charge is -2.41. The Morgan fingerprint density at radius 3 is 2.87 bits per heavy atom. The van der Waals surface area contributed by atoms with Gasteiger partial charge in [-0.25, -0.2) is 19.4 Å². The fraction of sp³-hybridized carbons (Fsp3) is 0.333. The van der Waals surface area contributed by atoms with Gasteiger partial charge in [-0.05, 0) is 50.1 Å². The number of nitriles is 1.